The number of aryl methyl sites for hydroxylation is 3. The number of anilines is 1. The number of carbonyl (C=O) groups is 2. The maximum atomic E-state index is 14.5. The zero-order chi connectivity index (χ0) is 32.4. The molecule has 0 heterocycles. The Labute approximate surface area is 268 Å². The SMILES string of the molecule is CCCCNC(=O)[C@@H](Cc1ccccc1)N(Cc1ccc(C)cc1)C(=O)CN(c1ccccc1C)S(=O)(=O)c1ccc(C)cc1. The van der Waals surface area contributed by atoms with Crippen LogP contribution >= 0.6 is 0 Å². The topological polar surface area (TPSA) is 86.8 Å². The van der Waals surface area contributed by atoms with Crippen LogP contribution in [0.3, 0.4) is 0 Å². The van der Waals surface area contributed by atoms with Crippen molar-refractivity contribution in [3.05, 3.63) is 131 Å². The van der Waals surface area contributed by atoms with Gasteiger partial charge in [-0.1, -0.05) is 109 Å². The molecule has 0 unspecified atom stereocenters. The van der Waals surface area contributed by atoms with Crippen molar-refractivity contribution in [1.29, 1.82) is 0 Å². The lowest BCUT2D eigenvalue weighted by molar-refractivity contribution is -0.140. The summed E-state index contributed by atoms with van der Waals surface area (Å²) >= 11 is 0. The first-order valence-electron chi connectivity index (χ1n) is 15.4. The number of unbranched alkanes of at least 4 members (excludes halogenated alkanes) is 1. The van der Waals surface area contributed by atoms with Crippen molar-refractivity contribution < 1.29 is 18.0 Å². The molecule has 236 valence electrons. The Bertz CT molecular complexity index is 1670. The van der Waals surface area contributed by atoms with Crippen molar-refractivity contribution in [2.75, 3.05) is 17.4 Å². The number of hydrogen-bond acceptors (Lipinski definition) is 4. The molecule has 2 amide bonds. The number of nitrogens with one attached hydrogen (secondary N) is 1. The van der Waals surface area contributed by atoms with E-state index in [1.54, 1.807) is 36.4 Å². The number of carbonyl (C=O) groups excluding carboxylic acids is 2. The van der Waals surface area contributed by atoms with Crippen molar-refractivity contribution in [2.45, 2.75) is 64.4 Å². The maximum Gasteiger partial charge on any atom is 0.264 e. The summed E-state index contributed by atoms with van der Waals surface area (Å²) in [6.45, 7) is 7.91. The summed E-state index contributed by atoms with van der Waals surface area (Å²) in [5.41, 5.74) is 4.87. The van der Waals surface area contributed by atoms with Gasteiger partial charge < -0.3 is 10.2 Å². The summed E-state index contributed by atoms with van der Waals surface area (Å²) in [7, 11) is -4.14. The molecule has 7 nitrogen and oxygen atoms in total. The Morgan fingerprint density at radius 2 is 1.36 bits per heavy atom. The molecule has 0 spiro atoms. The molecule has 8 heteroatoms. The normalized spacial score (nSPS) is 11.9. The van der Waals surface area contributed by atoms with E-state index in [-0.39, 0.29) is 23.8 Å². The molecule has 0 aliphatic carbocycles. The highest BCUT2D eigenvalue weighted by Gasteiger charge is 2.35. The highest BCUT2D eigenvalue weighted by molar-refractivity contribution is 7.92. The summed E-state index contributed by atoms with van der Waals surface area (Å²) in [5.74, 6) is -0.738. The van der Waals surface area contributed by atoms with E-state index in [0.717, 1.165) is 35.1 Å². The Morgan fingerprint density at radius 3 is 1.98 bits per heavy atom. The second kappa shape index (κ2) is 15.5. The standard InChI is InChI=1S/C37H43N3O4S/c1-5-6-24-38-37(42)35(25-31-13-8-7-9-14-31)39(26-32-20-16-28(2)17-21-32)36(41)27-40(34-15-11-10-12-30(34)4)45(43,44)33-22-18-29(3)19-23-33/h7-23,35H,5-6,24-27H2,1-4H3,(H,38,42)/t35-/m1/s1. The number of nitrogens with zero attached hydrogens (tertiary/aromatic N) is 2. The molecule has 4 rings (SSSR count). The monoisotopic (exact) mass is 625 g/mol. The molecule has 0 aliphatic rings. The molecule has 0 saturated heterocycles. The van der Waals surface area contributed by atoms with Crippen LogP contribution in [-0.2, 0) is 32.6 Å². The molecule has 0 bridgehead atoms. The minimum Gasteiger partial charge on any atom is -0.354 e. The van der Waals surface area contributed by atoms with Crippen LogP contribution in [-0.4, -0.2) is 44.3 Å². The van der Waals surface area contributed by atoms with Crippen LogP contribution in [0.25, 0.3) is 0 Å². The van der Waals surface area contributed by atoms with E-state index >= 15 is 0 Å². The fraction of sp³-hybridized carbons (Fsp3) is 0.297. The van der Waals surface area contributed by atoms with Gasteiger partial charge in [-0.15, -0.1) is 0 Å². The van der Waals surface area contributed by atoms with Gasteiger partial charge in [-0.05, 0) is 62.1 Å². The van der Waals surface area contributed by atoms with Gasteiger partial charge in [0.25, 0.3) is 10.0 Å². The third-order valence-corrected chi connectivity index (χ3v) is 9.62. The third-order valence-electron chi connectivity index (χ3n) is 7.85. The summed E-state index contributed by atoms with van der Waals surface area (Å²) in [6, 6.07) is 30.2. The van der Waals surface area contributed by atoms with Gasteiger partial charge in [0.2, 0.25) is 11.8 Å². The van der Waals surface area contributed by atoms with Crippen LogP contribution in [0, 0.1) is 20.8 Å². The van der Waals surface area contributed by atoms with E-state index < -0.39 is 28.5 Å². The van der Waals surface area contributed by atoms with Crippen molar-refractivity contribution in [1.82, 2.24) is 10.2 Å². The van der Waals surface area contributed by atoms with Crippen molar-refractivity contribution in [3.8, 4) is 0 Å². The van der Waals surface area contributed by atoms with Gasteiger partial charge in [0.1, 0.15) is 12.6 Å². The van der Waals surface area contributed by atoms with E-state index in [2.05, 4.69) is 12.2 Å². The Kier molecular flexibility index (Phi) is 11.5. The number of rotatable bonds is 14. The molecule has 0 radical (unpaired) electrons. The molecule has 1 N–H and O–H groups in total. The van der Waals surface area contributed by atoms with Gasteiger partial charge in [0, 0.05) is 19.5 Å². The molecule has 45 heavy (non-hydrogen) atoms. The van der Waals surface area contributed by atoms with E-state index in [1.165, 1.54) is 9.21 Å². The maximum absolute atomic E-state index is 14.5. The predicted molar refractivity (Wildman–Crippen MR) is 180 cm³/mol. The predicted octanol–water partition coefficient (Wildman–Crippen LogP) is 6.36. The van der Waals surface area contributed by atoms with Crippen LogP contribution < -0.4 is 9.62 Å². The van der Waals surface area contributed by atoms with Crippen molar-refractivity contribution in [2.24, 2.45) is 0 Å². The van der Waals surface area contributed by atoms with Crippen LogP contribution in [0.2, 0.25) is 0 Å². The Balaban J connectivity index is 1.79. The van der Waals surface area contributed by atoms with Gasteiger partial charge in [-0.2, -0.15) is 0 Å². The Morgan fingerprint density at radius 1 is 0.756 bits per heavy atom. The highest BCUT2D eigenvalue weighted by Crippen LogP contribution is 2.28. The van der Waals surface area contributed by atoms with Gasteiger partial charge >= 0.3 is 0 Å². The van der Waals surface area contributed by atoms with E-state index in [0.29, 0.717) is 17.8 Å². The molecule has 0 aromatic heterocycles. The van der Waals surface area contributed by atoms with Crippen molar-refractivity contribution >= 4 is 27.5 Å². The fourth-order valence-electron chi connectivity index (χ4n) is 5.14. The molecule has 4 aromatic rings. The lowest BCUT2D eigenvalue weighted by atomic mass is 10.0. The van der Waals surface area contributed by atoms with E-state index in [1.807, 2.05) is 87.5 Å². The van der Waals surface area contributed by atoms with Gasteiger partial charge in [0.05, 0.1) is 10.6 Å². The van der Waals surface area contributed by atoms with Crippen molar-refractivity contribution in [3.63, 3.8) is 0 Å². The average Bonchev–Trinajstić information content (AvgIpc) is 3.03. The van der Waals surface area contributed by atoms with Crippen LogP contribution in [0.1, 0.15) is 47.6 Å². The smallest absolute Gasteiger partial charge is 0.264 e. The number of sulfonamides is 1. The summed E-state index contributed by atoms with van der Waals surface area (Å²) in [6.07, 6.45) is 2.01. The molecular formula is C37H43N3O4S. The molecule has 4 aromatic carbocycles. The first kappa shape index (κ1) is 33.5. The highest BCUT2D eigenvalue weighted by atomic mass is 32.2. The number of para-hydroxylation sites is 1. The molecule has 0 saturated carbocycles. The van der Waals surface area contributed by atoms with E-state index in [9.17, 15) is 18.0 Å². The lowest BCUT2D eigenvalue weighted by Gasteiger charge is -2.34. The number of benzene rings is 4. The quantitative estimate of drug-likeness (QED) is 0.165. The fourth-order valence-corrected chi connectivity index (χ4v) is 6.62. The van der Waals surface area contributed by atoms with Gasteiger partial charge in [-0.3, -0.25) is 13.9 Å². The first-order valence-corrected chi connectivity index (χ1v) is 16.9. The average molecular weight is 626 g/mol. The van der Waals surface area contributed by atoms with Crippen LogP contribution in [0.4, 0.5) is 5.69 Å². The van der Waals surface area contributed by atoms with E-state index in [4.69, 9.17) is 0 Å². The summed E-state index contributed by atoms with van der Waals surface area (Å²) < 4.78 is 29.6. The summed E-state index contributed by atoms with van der Waals surface area (Å²) in [5, 5.41) is 3.02. The first-order chi connectivity index (χ1) is 21.6. The zero-order valence-corrected chi connectivity index (χ0v) is 27.4. The van der Waals surface area contributed by atoms with Crippen LogP contribution in [0.15, 0.2) is 108 Å². The summed E-state index contributed by atoms with van der Waals surface area (Å²) in [4.78, 5) is 30.0. The molecular weight excluding hydrogens is 582 g/mol. The second-order valence-corrected chi connectivity index (χ2v) is 13.3. The largest absolute Gasteiger partial charge is 0.354 e. The lowest BCUT2D eigenvalue weighted by Crippen LogP contribution is -2.53. The molecule has 0 aliphatic heterocycles. The third kappa shape index (κ3) is 8.82. The second-order valence-electron chi connectivity index (χ2n) is 11.5. The van der Waals surface area contributed by atoms with Gasteiger partial charge in [0.15, 0.2) is 0 Å². The molecule has 0 fully saturated rings. The zero-order valence-electron chi connectivity index (χ0n) is 26.6. The van der Waals surface area contributed by atoms with Gasteiger partial charge in [-0.25, -0.2) is 8.42 Å². The number of amides is 2. The molecule has 1 atom stereocenters. The minimum atomic E-state index is -4.14. The van der Waals surface area contributed by atoms with Crippen LogP contribution in [0.5, 0.6) is 0 Å². The Hall–Kier alpha value is -4.43. The number of hydrogen-bond donors (Lipinski definition) is 1. The minimum absolute atomic E-state index is 0.0902.